The van der Waals surface area contributed by atoms with Gasteiger partial charge in [-0.15, -0.1) is 0 Å². The molecular weight excluding hydrogens is 286 g/mol. The van der Waals surface area contributed by atoms with Gasteiger partial charge in [0.25, 0.3) is 5.69 Å². The standard InChI is InChI=1S/C16H11NO3S/c18-17(19)13-5-9-15(10-6-13)21-14-7-3-12(4-8-14)16-2-1-11-20-16/h1-11H. The molecule has 0 amide bonds. The molecule has 0 saturated carbocycles. The summed E-state index contributed by atoms with van der Waals surface area (Å²) in [7, 11) is 0. The highest BCUT2D eigenvalue weighted by atomic mass is 32.2. The van der Waals surface area contributed by atoms with Crippen LogP contribution in [0.1, 0.15) is 0 Å². The lowest BCUT2D eigenvalue weighted by atomic mass is 10.2. The van der Waals surface area contributed by atoms with Crippen LogP contribution < -0.4 is 0 Å². The quantitative estimate of drug-likeness (QED) is 0.502. The first-order valence-electron chi connectivity index (χ1n) is 6.28. The van der Waals surface area contributed by atoms with Crippen LogP contribution in [0.4, 0.5) is 5.69 Å². The van der Waals surface area contributed by atoms with E-state index in [1.54, 1.807) is 30.2 Å². The van der Waals surface area contributed by atoms with Crippen molar-refractivity contribution < 1.29 is 9.34 Å². The lowest BCUT2D eigenvalue weighted by molar-refractivity contribution is -0.384. The Balaban J connectivity index is 1.74. The number of non-ortho nitro benzene ring substituents is 1. The topological polar surface area (TPSA) is 56.3 Å². The Labute approximate surface area is 125 Å². The van der Waals surface area contributed by atoms with Crippen molar-refractivity contribution in [2.75, 3.05) is 0 Å². The molecule has 0 atom stereocenters. The fraction of sp³-hybridized carbons (Fsp3) is 0. The number of nitro benzene ring substituents is 1. The largest absolute Gasteiger partial charge is 0.464 e. The maximum Gasteiger partial charge on any atom is 0.269 e. The van der Waals surface area contributed by atoms with E-state index in [1.807, 2.05) is 36.4 Å². The molecule has 0 aliphatic carbocycles. The number of nitro groups is 1. The molecule has 0 radical (unpaired) electrons. The first kappa shape index (κ1) is 13.5. The maximum atomic E-state index is 10.6. The summed E-state index contributed by atoms with van der Waals surface area (Å²) in [5, 5.41) is 10.6. The van der Waals surface area contributed by atoms with Crippen molar-refractivity contribution in [1.82, 2.24) is 0 Å². The number of rotatable bonds is 4. The van der Waals surface area contributed by atoms with E-state index in [2.05, 4.69) is 0 Å². The molecule has 0 aliphatic heterocycles. The Morgan fingerprint density at radius 2 is 1.52 bits per heavy atom. The van der Waals surface area contributed by atoms with Crippen molar-refractivity contribution >= 4 is 17.4 Å². The van der Waals surface area contributed by atoms with E-state index in [4.69, 9.17) is 4.42 Å². The predicted octanol–water partition coefficient (Wildman–Crippen LogP) is 5.01. The van der Waals surface area contributed by atoms with Crippen molar-refractivity contribution in [2.24, 2.45) is 0 Å². The fourth-order valence-corrected chi connectivity index (χ4v) is 2.72. The maximum absolute atomic E-state index is 10.6. The normalized spacial score (nSPS) is 10.5. The van der Waals surface area contributed by atoms with E-state index in [0.29, 0.717) is 0 Å². The molecule has 21 heavy (non-hydrogen) atoms. The Kier molecular flexibility index (Phi) is 3.75. The summed E-state index contributed by atoms with van der Waals surface area (Å²) in [6.07, 6.45) is 1.65. The smallest absolute Gasteiger partial charge is 0.269 e. The third-order valence-corrected chi connectivity index (χ3v) is 3.96. The molecule has 0 fully saturated rings. The fourth-order valence-electron chi connectivity index (χ4n) is 1.90. The summed E-state index contributed by atoms with van der Waals surface area (Å²) in [6, 6.07) is 18.3. The van der Waals surface area contributed by atoms with Crippen molar-refractivity contribution in [3.05, 3.63) is 77.0 Å². The molecule has 3 rings (SSSR count). The summed E-state index contributed by atoms with van der Waals surface area (Å²) in [4.78, 5) is 12.2. The summed E-state index contributed by atoms with van der Waals surface area (Å²) >= 11 is 1.56. The average molecular weight is 297 g/mol. The molecule has 0 spiro atoms. The highest BCUT2D eigenvalue weighted by Gasteiger charge is 2.05. The number of hydrogen-bond acceptors (Lipinski definition) is 4. The molecule has 5 heteroatoms. The van der Waals surface area contributed by atoms with Crippen molar-refractivity contribution in [3.63, 3.8) is 0 Å². The molecule has 104 valence electrons. The van der Waals surface area contributed by atoms with Gasteiger partial charge in [0, 0.05) is 27.5 Å². The number of benzene rings is 2. The summed E-state index contributed by atoms with van der Waals surface area (Å²) in [6.45, 7) is 0. The van der Waals surface area contributed by atoms with Gasteiger partial charge in [0.15, 0.2) is 0 Å². The monoisotopic (exact) mass is 297 g/mol. The second-order valence-corrected chi connectivity index (χ2v) is 5.50. The van der Waals surface area contributed by atoms with E-state index >= 15 is 0 Å². The number of furan rings is 1. The van der Waals surface area contributed by atoms with Crippen LogP contribution in [-0.2, 0) is 0 Å². The second-order valence-electron chi connectivity index (χ2n) is 4.35. The molecule has 1 heterocycles. The lowest BCUT2D eigenvalue weighted by Crippen LogP contribution is -1.86. The molecule has 0 bridgehead atoms. The van der Waals surface area contributed by atoms with Gasteiger partial charge in [0.05, 0.1) is 11.2 Å². The highest BCUT2D eigenvalue weighted by molar-refractivity contribution is 7.99. The van der Waals surface area contributed by atoms with E-state index in [1.165, 1.54) is 12.1 Å². The summed E-state index contributed by atoms with van der Waals surface area (Å²) in [5.41, 5.74) is 1.13. The van der Waals surface area contributed by atoms with Gasteiger partial charge in [-0.25, -0.2) is 0 Å². The van der Waals surface area contributed by atoms with Crippen LogP contribution in [0.3, 0.4) is 0 Å². The SMILES string of the molecule is O=[N+]([O-])c1ccc(Sc2ccc(-c3ccco3)cc2)cc1. The molecule has 4 nitrogen and oxygen atoms in total. The van der Waals surface area contributed by atoms with Crippen LogP contribution in [0.5, 0.6) is 0 Å². The molecule has 1 aromatic heterocycles. The zero-order valence-corrected chi connectivity index (χ0v) is 11.7. The summed E-state index contributed by atoms with van der Waals surface area (Å²) < 4.78 is 5.34. The number of nitrogens with zero attached hydrogens (tertiary/aromatic N) is 1. The number of hydrogen-bond donors (Lipinski definition) is 0. The van der Waals surface area contributed by atoms with E-state index in [9.17, 15) is 10.1 Å². The van der Waals surface area contributed by atoms with Gasteiger partial charge in [-0.3, -0.25) is 10.1 Å². The second kappa shape index (κ2) is 5.85. The molecule has 2 aromatic carbocycles. The van der Waals surface area contributed by atoms with Gasteiger partial charge in [-0.1, -0.05) is 23.9 Å². The Hall–Kier alpha value is -2.53. The molecule has 0 aliphatic rings. The van der Waals surface area contributed by atoms with Crippen molar-refractivity contribution in [1.29, 1.82) is 0 Å². The average Bonchev–Trinajstić information content (AvgIpc) is 3.03. The highest BCUT2D eigenvalue weighted by Crippen LogP contribution is 2.30. The van der Waals surface area contributed by atoms with Gasteiger partial charge in [0.2, 0.25) is 0 Å². The minimum atomic E-state index is -0.396. The minimum Gasteiger partial charge on any atom is -0.464 e. The third kappa shape index (κ3) is 3.14. The zero-order chi connectivity index (χ0) is 14.7. The first-order valence-corrected chi connectivity index (χ1v) is 7.10. The zero-order valence-electron chi connectivity index (χ0n) is 10.9. The molecule has 0 saturated heterocycles. The lowest BCUT2D eigenvalue weighted by Gasteiger charge is -2.03. The van der Waals surface area contributed by atoms with Crippen LogP contribution in [0.15, 0.2) is 81.1 Å². The molecular formula is C16H11NO3S. The van der Waals surface area contributed by atoms with E-state index in [0.717, 1.165) is 21.1 Å². The Morgan fingerprint density at radius 3 is 2.05 bits per heavy atom. The van der Waals surface area contributed by atoms with Crippen LogP contribution in [0, 0.1) is 10.1 Å². The Bertz CT molecular complexity index is 734. The van der Waals surface area contributed by atoms with Gasteiger partial charge < -0.3 is 4.42 Å². The van der Waals surface area contributed by atoms with Crippen molar-refractivity contribution in [2.45, 2.75) is 9.79 Å². The predicted molar refractivity (Wildman–Crippen MR) is 81.4 cm³/mol. The summed E-state index contributed by atoms with van der Waals surface area (Å²) in [5.74, 6) is 0.835. The van der Waals surface area contributed by atoms with Gasteiger partial charge >= 0.3 is 0 Å². The molecule has 0 unspecified atom stereocenters. The molecule has 0 N–H and O–H groups in total. The van der Waals surface area contributed by atoms with E-state index in [-0.39, 0.29) is 5.69 Å². The van der Waals surface area contributed by atoms with Gasteiger partial charge in [-0.05, 0) is 36.4 Å². The third-order valence-electron chi connectivity index (χ3n) is 2.94. The first-order chi connectivity index (χ1) is 10.2. The van der Waals surface area contributed by atoms with Gasteiger partial charge in [-0.2, -0.15) is 0 Å². The van der Waals surface area contributed by atoms with Crippen molar-refractivity contribution in [3.8, 4) is 11.3 Å². The molecule has 3 aromatic rings. The van der Waals surface area contributed by atoms with Gasteiger partial charge in [0.1, 0.15) is 5.76 Å². The van der Waals surface area contributed by atoms with Crippen LogP contribution in [-0.4, -0.2) is 4.92 Å². The minimum absolute atomic E-state index is 0.104. The van der Waals surface area contributed by atoms with Crippen LogP contribution in [0.25, 0.3) is 11.3 Å². The van der Waals surface area contributed by atoms with Crippen LogP contribution in [0.2, 0.25) is 0 Å². The Morgan fingerprint density at radius 1 is 0.905 bits per heavy atom. The van der Waals surface area contributed by atoms with E-state index < -0.39 is 4.92 Å². The van der Waals surface area contributed by atoms with Crippen LogP contribution >= 0.6 is 11.8 Å².